The summed E-state index contributed by atoms with van der Waals surface area (Å²) < 4.78 is 1.57. The Labute approximate surface area is 121 Å². The van der Waals surface area contributed by atoms with E-state index in [4.69, 9.17) is 0 Å². The van der Waals surface area contributed by atoms with Gasteiger partial charge in [0.15, 0.2) is 0 Å². The van der Waals surface area contributed by atoms with Gasteiger partial charge < -0.3 is 5.32 Å². The first kappa shape index (κ1) is 13.0. The Hall–Kier alpha value is -3.02. The molecule has 0 aliphatic rings. The van der Waals surface area contributed by atoms with E-state index in [9.17, 15) is 4.79 Å². The highest BCUT2D eigenvalue weighted by Gasteiger charge is 2.12. The van der Waals surface area contributed by atoms with Crippen LogP contribution in [0.1, 0.15) is 16.2 Å². The van der Waals surface area contributed by atoms with Crippen LogP contribution in [0.3, 0.4) is 0 Å². The lowest BCUT2D eigenvalue weighted by Crippen LogP contribution is -2.14. The quantitative estimate of drug-likeness (QED) is 0.798. The van der Waals surface area contributed by atoms with Crippen molar-refractivity contribution < 1.29 is 4.79 Å². The number of anilines is 1. The number of benzene rings is 1. The molecule has 0 saturated heterocycles. The normalized spacial score (nSPS) is 10.3. The molecule has 0 spiro atoms. The number of aryl methyl sites for hydroxylation is 1. The number of hydrogen-bond donors (Lipinski definition) is 1. The third-order valence-electron chi connectivity index (χ3n) is 2.93. The molecule has 6 heteroatoms. The Morgan fingerprint density at radius 3 is 2.52 bits per heavy atom. The van der Waals surface area contributed by atoms with Gasteiger partial charge in [0.1, 0.15) is 6.33 Å². The van der Waals surface area contributed by atoms with E-state index < -0.39 is 0 Å². The molecule has 2 aromatic heterocycles. The minimum absolute atomic E-state index is 0.118. The Kier molecular flexibility index (Phi) is 3.42. The fourth-order valence-electron chi connectivity index (χ4n) is 1.81. The summed E-state index contributed by atoms with van der Waals surface area (Å²) in [5, 5.41) is 6.90. The zero-order valence-corrected chi connectivity index (χ0v) is 11.4. The first-order valence-electron chi connectivity index (χ1n) is 6.42. The van der Waals surface area contributed by atoms with E-state index in [1.807, 2.05) is 31.2 Å². The van der Waals surface area contributed by atoms with Crippen molar-refractivity contribution in [2.75, 3.05) is 5.32 Å². The van der Waals surface area contributed by atoms with E-state index in [-0.39, 0.29) is 11.7 Å². The van der Waals surface area contributed by atoms with Gasteiger partial charge in [-0.15, -0.1) is 5.10 Å². The minimum atomic E-state index is -0.355. The summed E-state index contributed by atoms with van der Waals surface area (Å²) in [4.78, 5) is 20.0. The maximum Gasteiger partial charge on any atom is 0.295 e. The second-order valence-electron chi connectivity index (χ2n) is 4.54. The van der Waals surface area contributed by atoms with Crippen molar-refractivity contribution in [3.63, 3.8) is 0 Å². The molecule has 104 valence electrons. The molecule has 0 radical (unpaired) electrons. The van der Waals surface area contributed by atoms with Crippen LogP contribution >= 0.6 is 0 Å². The van der Waals surface area contributed by atoms with E-state index in [0.29, 0.717) is 5.69 Å². The van der Waals surface area contributed by atoms with Crippen LogP contribution in [0, 0.1) is 6.92 Å². The third-order valence-corrected chi connectivity index (χ3v) is 2.93. The minimum Gasteiger partial charge on any atom is -0.319 e. The van der Waals surface area contributed by atoms with Gasteiger partial charge in [0, 0.05) is 18.1 Å². The number of aromatic nitrogens is 4. The highest BCUT2D eigenvalue weighted by Crippen LogP contribution is 2.09. The van der Waals surface area contributed by atoms with Crippen LogP contribution in [0.4, 0.5) is 5.69 Å². The maximum absolute atomic E-state index is 12.0. The lowest BCUT2D eigenvalue weighted by atomic mass is 10.2. The molecule has 0 fully saturated rings. The Balaban J connectivity index is 1.78. The number of amides is 1. The summed E-state index contributed by atoms with van der Waals surface area (Å²) in [6.07, 6.45) is 4.73. The molecule has 3 rings (SSSR count). The number of nitrogens with one attached hydrogen (secondary N) is 1. The standard InChI is InChI=1S/C15H13N5O/c1-11-2-4-13(5-3-11)20-10-17-14(19-20)15(21)18-12-6-8-16-9-7-12/h2-10H,1H3,(H,16,18,21). The molecule has 21 heavy (non-hydrogen) atoms. The van der Waals surface area contributed by atoms with Crippen LogP contribution in [0.15, 0.2) is 55.1 Å². The molecule has 0 bridgehead atoms. The summed E-state index contributed by atoms with van der Waals surface area (Å²) in [6.45, 7) is 2.01. The van der Waals surface area contributed by atoms with Crippen molar-refractivity contribution >= 4 is 11.6 Å². The van der Waals surface area contributed by atoms with Crippen LogP contribution in [0.25, 0.3) is 5.69 Å². The van der Waals surface area contributed by atoms with Gasteiger partial charge in [-0.3, -0.25) is 9.78 Å². The summed E-state index contributed by atoms with van der Waals surface area (Å²) >= 11 is 0. The molecule has 6 nitrogen and oxygen atoms in total. The third kappa shape index (κ3) is 2.94. The molecule has 0 atom stereocenters. The number of hydrogen-bond acceptors (Lipinski definition) is 4. The van der Waals surface area contributed by atoms with E-state index in [1.165, 1.54) is 6.33 Å². The van der Waals surface area contributed by atoms with Gasteiger partial charge in [-0.25, -0.2) is 9.67 Å². The van der Waals surface area contributed by atoms with Crippen molar-refractivity contribution in [3.05, 3.63) is 66.5 Å². The van der Waals surface area contributed by atoms with Crippen molar-refractivity contribution in [3.8, 4) is 5.69 Å². The molecule has 1 N–H and O–H groups in total. The fourth-order valence-corrected chi connectivity index (χ4v) is 1.81. The first-order chi connectivity index (χ1) is 10.2. The second kappa shape index (κ2) is 5.54. The lowest BCUT2D eigenvalue weighted by Gasteiger charge is -2.01. The van der Waals surface area contributed by atoms with Crippen molar-refractivity contribution in [1.82, 2.24) is 19.7 Å². The van der Waals surface area contributed by atoms with E-state index in [2.05, 4.69) is 20.4 Å². The molecule has 1 amide bonds. The molecule has 0 unspecified atom stereocenters. The van der Waals surface area contributed by atoms with Gasteiger partial charge in [0.25, 0.3) is 5.91 Å². The Bertz CT molecular complexity index is 749. The monoisotopic (exact) mass is 279 g/mol. The van der Waals surface area contributed by atoms with Crippen molar-refractivity contribution in [2.24, 2.45) is 0 Å². The summed E-state index contributed by atoms with van der Waals surface area (Å²) in [5.41, 5.74) is 2.67. The van der Waals surface area contributed by atoms with Crippen LogP contribution in [0.5, 0.6) is 0 Å². The zero-order chi connectivity index (χ0) is 14.7. The van der Waals surface area contributed by atoms with Crippen molar-refractivity contribution in [2.45, 2.75) is 6.92 Å². The van der Waals surface area contributed by atoms with Gasteiger partial charge in [0.05, 0.1) is 5.69 Å². The van der Waals surface area contributed by atoms with Gasteiger partial charge in [-0.1, -0.05) is 17.7 Å². The number of carbonyl (C=O) groups excluding carboxylic acids is 1. The molecular weight excluding hydrogens is 266 g/mol. The molecule has 0 aliphatic carbocycles. The van der Waals surface area contributed by atoms with Gasteiger partial charge in [-0.05, 0) is 31.2 Å². The average molecular weight is 279 g/mol. The van der Waals surface area contributed by atoms with Gasteiger partial charge >= 0.3 is 0 Å². The van der Waals surface area contributed by atoms with E-state index >= 15 is 0 Å². The predicted octanol–water partition coefficient (Wildman–Crippen LogP) is 2.22. The Morgan fingerprint density at radius 1 is 1.10 bits per heavy atom. The summed E-state index contributed by atoms with van der Waals surface area (Å²) in [7, 11) is 0. The summed E-state index contributed by atoms with van der Waals surface area (Å²) in [6, 6.07) is 11.2. The lowest BCUT2D eigenvalue weighted by molar-refractivity contribution is 0.101. The smallest absolute Gasteiger partial charge is 0.295 e. The number of pyridine rings is 1. The highest BCUT2D eigenvalue weighted by atomic mass is 16.2. The molecular formula is C15H13N5O. The molecule has 0 saturated carbocycles. The second-order valence-corrected chi connectivity index (χ2v) is 4.54. The van der Waals surface area contributed by atoms with E-state index in [0.717, 1.165) is 11.3 Å². The first-order valence-corrected chi connectivity index (χ1v) is 6.42. The largest absolute Gasteiger partial charge is 0.319 e. The van der Waals surface area contributed by atoms with Gasteiger partial charge in [-0.2, -0.15) is 0 Å². The zero-order valence-electron chi connectivity index (χ0n) is 11.4. The Morgan fingerprint density at radius 2 is 1.81 bits per heavy atom. The maximum atomic E-state index is 12.0. The van der Waals surface area contributed by atoms with Crippen LogP contribution in [-0.4, -0.2) is 25.7 Å². The predicted molar refractivity (Wildman–Crippen MR) is 78.3 cm³/mol. The van der Waals surface area contributed by atoms with Crippen LogP contribution < -0.4 is 5.32 Å². The summed E-state index contributed by atoms with van der Waals surface area (Å²) in [5.74, 6) is -0.237. The average Bonchev–Trinajstić information content (AvgIpc) is 2.99. The molecule has 3 aromatic rings. The van der Waals surface area contributed by atoms with Crippen LogP contribution in [0.2, 0.25) is 0 Å². The molecule has 1 aromatic carbocycles. The van der Waals surface area contributed by atoms with Gasteiger partial charge in [0.2, 0.25) is 5.82 Å². The fraction of sp³-hybridized carbons (Fsp3) is 0.0667. The molecule has 0 aliphatic heterocycles. The number of nitrogens with zero attached hydrogens (tertiary/aromatic N) is 4. The number of carbonyl (C=O) groups is 1. The highest BCUT2D eigenvalue weighted by molar-refractivity contribution is 6.01. The topological polar surface area (TPSA) is 72.7 Å². The van der Waals surface area contributed by atoms with E-state index in [1.54, 1.807) is 29.2 Å². The van der Waals surface area contributed by atoms with Crippen molar-refractivity contribution in [1.29, 1.82) is 0 Å². The number of rotatable bonds is 3. The molecule has 2 heterocycles. The SMILES string of the molecule is Cc1ccc(-n2cnc(C(=O)Nc3ccncc3)n2)cc1. The van der Waals surface area contributed by atoms with Crippen LogP contribution in [-0.2, 0) is 0 Å².